The highest BCUT2D eigenvalue weighted by atomic mass is 16.5. The predicted octanol–water partition coefficient (Wildman–Crippen LogP) is 3.81. The molecule has 0 heterocycles. The molecule has 1 unspecified atom stereocenters. The molecule has 1 atom stereocenters. The highest BCUT2D eigenvalue weighted by molar-refractivity contribution is 5.37. The van der Waals surface area contributed by atoms with Crippen LogP contribution in [-0.2, 0) is 13.1 Å². The molecule has 1 N–H and O–H groups in total. The van der Waals surface area contributed by atoms with E-state index in [-0.39, 0.29) is 0 Å². The minimum absolute atomic E-state index is 0.503. The standard InChI is InChI=1S/C18H32N2O/c1-7-8-15(4)20(5)13-17-11-16(12-19-14(2)3)9-10-18(17)21-6/h9-11,14-15,19H,7-8,12-13H2,1-6H3. The summed E-state index contributed by atoms with van der Waals surface area (Å²) in [6, 6.07) is 7.60. The molecule has 0 aromatic heterocycles. The smallest absolute Gasteiger partial charge is 0.123 e. The summed E-state index contributed by atoms with van der Waals surface area (Å²) in [4.78, 5) is 2.40. The molecule has 0 radical (unpaired) electrons. The average molecular weight is 292 g/mol. The van der Waals surface area contributed by atoms with E-state index in [2.05, 4.69) is 63.2 Å². The first-order valence-corrected chi connectivity index (χ1v) is 8.07. The minimum Gasteiger partial charge on any atom is -0.496 e. The first-order chi connectivity index (χ1) is 9.97. The van der Waals surface area contributed by atoms with E-state index in [9.17, 15) is 0 Å². The number of nitrogens with zero attached hydrogens (tertiary/aromatic N) is 1. The molecular weight excluding hydrogens is 260 g/mol. The van der Waals surface area contributed by atoms with E-state index in [4.69, 9.17) is 4.74 Å². The molecular formula is C18H32N2O. The van der Waals surface area contributed by atoms with Crippen molar-refractivity contribution in [2.24, 2.45) is 0 Å². The molecule has 1 aromatic rings. The Bertz CT molecular complexity index is 418. The second kappa shape index (κ2) is 9.06. The summed E-state index contributed by atoms with van der Waals surface area (Å²) in [6.45, 7) is 10.7. The maximum atomic E-state index is 5.52. The number of benzene rings is 1. The molecule has 0 aliphatic heterocycles. The van der Waals surface area contributed by atoms with Crippen LogP contribution in [0.3, 0.4) is 0 Å². The van der Waals surface area contributed by atoms with Gasteiger partial charge in [-0.1, -0.05) is 33.3 Å². The Morgan fingerprint density at radius 3 is 2.52 bits per heavy atom. The highest BCUT2D eigenvalue weighted by Crippen LogP contribution is 2.22. The van der Waals surface area contributed by atoms with Gasteiger partial charge in [0.15, 0.2) is 0 Å². The van der Waals surface area contributed by atoms with Gasteiger partial charge in [0.1, 0.15) is 5.75 Å². The van der Waals surface area contributed by atoms with Gasteiger partial charge in [0.2, 0.25) is 0 Å². The molecule has 3 heteroatoms. The van der Waals surface area contributed by atoms with E-state index in [0.717, 1.165) is 18.8 Å². The van der Waals surface area contributed by atoms with Crippen molar-refractivity contribution >= 4 is 0 Å². The van der Waals surface area contributed by atoms with Gasteiger partial charge < -0.3 is 10.1 Å². The van der Waals surface area contributed by atoms with Gasteiger partial charge in [-0.05, 0) is 38.1 Å². The lowest BCUT2D eigenvalue weighted by molar-refractivity contribution is 0.233. The van der Waals surface area contributed by atoms with Gasteiger partial charge >= 0.3 is 0 Å². The summed E-state index contributed by atoms with van der Waals surface area (Å²) in [5.74, 6) is 0.985. The topological polar surface area (TPSA) is 24.5 Å². The fraction of sp³-hybridized carbons (Fsp3) is 0.667. The predicted molar refractivity (Wildman–Crippen MR) is 90.8 cm³/mol. The Kier molecular flexibility index (Phi) is 7.76. The first kappa shape index (κ1) is 18.0. The molecule has 120 valence electrons. The lowest BCUT2D eigenvalue weighted by Crippen LogP contribution is -2.28. The minimum atomic E-state index is 0.503. The zero-order chi connectivity index (χ0) is 15.8. The summed E-state index contributed by atoms with van der Waals surface area (Å²) in [5.41, 5.74) is 2.59. The van der Waals surface area contributed by atoms with Gasteiger partial charge in [-0.3, -0.25) is 4.90 Å². The second-order valence-electron chi connectivity index (χ2n) is 6.23. The summed E-state index contributed by atoms with van der Waals surface area (Å²) >= 11 is 0. The van der Waals surface area contributed by atoms with Gasteiger partial charge in [-0.15, -0.1) is 0 Å². The fourth-order valence-corrected chi connectivity index (χ4v) is 2.45. The normalized spacial score (nSPS) is 13.0. The number of rotatable bonds is 9. The molecule has 0 amide bonds. The van der Waals surface area contributed by atoms with E-state index >= 15 is 0 Å². The van der Waals surface area contributed by atoms with Crippen molar-refractivity contribution in [3.8, 4) is 5.75 Å². The Morgan fingerprint density at radius 1 is 1.24 bits per heavy atom. The van der Waals surface area contributed by atoms with Crippen LogP contribution in [0.25, 0.3) is 0 Å². The lowest BCUT2D eigenvalue weighted by Gasteiger charge is -2.25. The van der Waals surface area contributed by atoms with Gasteiger partial charge in [-0.25, -0.2) is 0 Å². The molecule has 0 fully saturated rings. The monoisotopic (exact) mass is 292 g/mol. The number of ether oxygens (including phenoxy) is 1. The zero-order valence-electron chi connectivity index (χ0n) is 14.6. The fourth-order valence-electron chi connectivity index (χ4n) is 2.45. The van der Waals surface area contributed by atoms with Crippen LogP contribution >= 0.6 is 0 Å². The molecule has 0 spiro atoms. The van der Waals surface area contributed by atoms with E-state index < -0.39 is 0 Å². The summed E-state index contributed by atoms with van der Waals surface area (Å²) in [6.07, 6.45) is 2.45. The van der Waals surface area contributed by atoms with E-state index in [0.29, 0.717) is 12.1 Å². The average Bonchev–Trinajstić information content (AvgIpc) is 2.45. The molecule has 0 saturated heterocycles. The zero-order valence-corrected chi connectivity index (χ0v) is 14.6. The van der Waals surface area contributed by atoms with Crippen LogP contribution in [0.15, 0.2) is 18.2 Å². The van der Waals surface area contributed by atoms with Crippen LogP contribution in [0.2, 0.25) is 0 Å². The SMILES string of the molecule is CCCC(C)N(C)Cc1cc(CNC(C)C)ccc1OC. The summed E-state index contributed by atoms with van der Waals surface area (Å²) in [5, 5.41) is 3.47. The molecule has 21 heavy (non-hydrogen) atoms. The van der Waals surface area contributed by atoms with Crippen molar-refractivity contribution in [1.29, 1.82) is 0 Å². The van der Waals surface area contributed by atoms with Crippen LogP contribution < -0.4 is 10.1 Å². The lowest BCUT2D eigenvalue weighted by atomic mass is 10.1. The number of nitrogens with one attached hydrogen (secondary N) is 1. The van der Waals surface area contributed by atoms with Crippen LogP contribution in [0.1, 0.15) is 51.7 Å². The third kappa shape index (κ3) is 6.06. The van der Waals surface area contributed by atoms with Crippen LogP contribution in [0.4, 0.5) is 0 Å². The van der Waals surface area contributed by atoms with E-state index in [1.807, 2.05) is 0 Å². The molecule has 1 rings (SSSR count). The van der Waals surface area contributed by atoms with Crippen molar-refractivity contribution in [3.05, 3.63) is 29.3 Å². The summed E-state index contributed by atoms with van der Waals surface area (Å²) in [7, 11) is 3.94. The summed E-state index contributed by atoms with van der Waals surface area (Å²) < 4.78 is 5.52. The van der Waals surface area contributed by atoms with E-state index in [1.165, 1.54) is 24.0 Å². The van der Waals surface area contributed by atoms with Crippen LogP contribution in [0.5, 0.6) is 5.75 Å². The van der Waals surface area contributed by atoms with Gasteiger partial charge in [0.25, 0.3) is 0 Å². The van der Waals surface area contributed by atoms with Crippen molar-refractivity contribution in [2.45, 2.75) is 65.7 Å². The Balaban J connectivity index is 2.79. The Hall–Kier alpha value is -1.06. The van der Waals surface area contributed by atoms with Gasteiger partial charge in [-0.2, -0.15) is 0 Å². The number of hydrogen-bond acceptors (Lipinski definition) is 3. The first-order valence-electron chi connectivity index (χ1n) is 8.07. The maximum absolute atomic E-state index is 5.52. The third-order valence-electron chi connectivity index (χ3n) is 3.94. The van der Waals surface area contributed by atoms with Gasteiger partial charge in [0.05, 0.1) is 7.11 Å². The molecule has 1 aromatic carbocycles. The molecule has 0 aliphatic carbocycles. The Morgan fingerprint density at radius 2 is 1.95 bits per heavy atom. The molecule has 0 aliphatic rings. The van der Waals surface area contributed by atoms with Crippen LogP contribution in [0, 0.1) is 0 Å². The van der Waals surface area contributed by atoms with Crippen molar-refractivity contribution in [3.63, 3.8) is 0 Å². The van der Waals surface area contributed by atoms with E-state index in [1.54, 1.807) is 7.11 Å². The van der Waals surface area contributed by atoms with Crippen molar-refractivity contribution in [2.75, 3.05) is 14.2 Å². The molecule has 0 bridgehead atoms. The second-order valence-corrected chi connectivity index (χ2v) is 6.23. The molecule has 0 saturated carbocycles. The third-order valence-corrected chi connectivity index (χ3v) is 3.94. The highest BCUT2D eigenvalue weighted by Gasteiger charge is 2.12. The van der Waals surface area contributed by atoms with Crippen LogP contribution in [-0.4, -0.2) is 31.1 Å². The van der Waals surface area contributed by atoms with Gasteiger partial charge in [0, 0.05) is 30.7 Å². The van der Waals surface area contributed by atoms with Crippen molar-refractivity contribution < 1.29 is 4.74 Å². The Labute approximate surface area is 130 Å². The molecule has 3 nitrogen and oxygen atoms in total. The quantitative estimate of drug-likeness (QED) is 0.749. The van der Waals surface area contributed by atoms with Crippen molar-refractivity contribution in [1.82, 2.24) is 10.2 Å². The maximum Gasteiger partial charge on any atom is 0.123 e. The largest absolute Gasteiger partial charge is 0.496 e. The number of hydrogen-bond donors (Lipinski definition) is 1. The number of methoxy groups -OCH3 is 1.